The molecule has 2 aromatic carbocycles. The Hall–Kier alpha value is -2.90. The molecule has 1 aliphatic rings. The molecule has 3 rings (SSSR count). The van der Waals surface area contributed by atoms with Crippen molar-refractivity contribution in [2.24, 2.45) is 17.1 Å². The molecule has 176 valence electrons. The Morgan fingerprint density at radius 1 is 1.18 bits per heavy atom. The number of nitrogens with zero attached hydrogens (tertiary/aromatic N) is 1. The maximum absolute atomic E-state index is 12.9. The molecule has 0 saturated heterocycles. The minimum absolute atomic E-state index is 0.0676. The van der Waals surface area contributed by atoms with Gasteiger partial charge in [0.15, 0.2) is 0 Å². The molecule has 0 spiro atoms. The molecule has 0 atom stereocenters. The third-order valence-electron chi connectivity index (χ3n) is 5.46. The van der Waals surface area contributed by atoms with Crippen molar-refractivity contribution in [3.05, 3.63) is 58.6 Å². The number of para-hydroxylation sites is 1. The molecule has 3 N–H and O–H groups in total. The third kappa shape index (κ3) is 6.79. The summed E-state index contributed by atoms with van der Waals surface area (Å²) in [6, 6.07) is 11.7. The Morgan fingerprint density at radius 2 is 1.88 bits per heavy atom. The first-order chi connectivity index (χ1) is 15.6. The van der Waals surface area contributed by atoms with Crippen molar-refractivity contribution in [1.82, 2.24) is 4.90 Å². The number of hydrogen-bond donors (Lipinski definition) is 2. The number of esters is 1. The zero-order chi connectivity index (χ0) is 24.2. The van der Waals surface area contributed by atoms with E-state index in [1.54, 1.807) is 42.5 Å². The van der Waals surface area contributed by atoms with Gasteiger partial charge < -0.3 is 20.7 Å². The Balaban J connectivity index is 1.80. The standard InChI is InChI=1S/C25H30ClN3O4/c1-16(30)33-22-7-5-4-6-20(22)23(31)28-19-10-11-21(26)18(12-19)13-29(15-25(2,3)14-27)24(32)17-8-9-17/h4-7,10-12,17H,8-9,13-15,27H2,1-3H3,(H,28,31). The second kappa shape index (κ2) is 10.4. The van der Waals surface area contributed by atoms with Crippen LogP contribution in [0.25, 0.3) is 0 Å². The van der Waals surface area contributed by atoms with E-state index in [1.807, 2.05) is 18.7 Å². The summed E-state index contributed by atoms with van der Waals surface area (Å²) in [6.07, 6.45) is 1.81. The summed E-state index contributed by atoms with van der Waals surface area (Å²) in [4.78, 5) is 38.9. The fourth-order valence-electron chi connectivity index (χ4n) is 3.46. The molecule has 1 aliphatic carbocycles. The summed E-state index contributed by atoms with van der Waals surface area (Å²) in [5.74, 6) is -0.572. The van der Waals surface area contributed by atoms with Gasteiger partial charge in [-0.05, 0) is 60.7 Å². The minimum Gasteiger partial charge on any atom is -0.426 e. The van der Waals surface area contributed by atoms with Crippen LogP contribution >= 0.6 is 11.6 Å². The molecule has 7 nitrogen and oxygen atoms in total. The van der Waals surface area contributed by atoms with Gasteiger partial charge in [0.25, 0.3) is 5.91 Å². The molecular formula is C25H30ClN3O4. The van der Waals surface area contributed by atoms with Gasteiger partial charge in [-0.3, -0.25) is 14.4 Å². The summed E-state index contributed by atoms with van der Waals surface area (Å²) >= 11 is 6.45. The highest BCUT2D eigenvalue weighted by atomic mass is 35.5. The SMILES string of the molecule is CC(=O)Oc1ccccc1C(=O)Nc1ccc(Cl)c(CN(CC(C)(C)CN)C(=O)C2CC2)c1. The molecular weight excluding hydrogens is 442 g/mol. The van der Waals surface area contributed by atoms with E-state index >= 15 is 0 Å². The average molecular weight is 472 g/mol. The van der Waals surface area contributed by atoms with Gasteiger partial charge in [0.1, 0.15) is 5.75 Å². The molecule has 0 aromatic heterocycles. The topological polar surface area (TPSA) is 102 Å². The third-order valence-corrected chi connectivity index (χ3v) is 5.83. The molecule has 0 bridgehead atoms. The number of carbonyl (C=O) groups excluding carboxylic acids is 3. The lowest BCUT2D eigenvalue weighted by molar-refractivity contribution is -0.134. The van der Waals surface area contributed by atoms with Crippen LogP contribution in [0, 0.1) is 11.3 Å². The molecule has 0 unspecified atom stereocenters. The Labute approximate surface area is 199 Å². The Kier molecular flexibility index (Phi) is 7.76. The summed E-state index contributed by atoms with van der Waals surface area (Å²) in [5, 5.41) is 3.33. The van der Waals surface area contributed by atoms with Crippen LogP contribution in [-0.4, -0.2) is 35.8 Å². The van der Waals surface area contributed by atoms with Crippen LogP contribution in [0.2, 0.25) is 5.02 Å². The van der Waals surface area contributed by atoms with Crippen LogP contribution in [-0.2, 0) is 16.1 Å². The summed E-state index contributed by atoms with van der Waals surface area (Å²) in [6.45, 7) is 6.62. The number of anilines is 1. The highest BCUT2D eigenvalue weighted by Gasteiger charge is 2.35. The van der Waals surface area contributed by atoms with Crippen molar-refractivity contribution in [2.75, 3.05) is 18.4 Å². The largest absolute Gasteiger partial charge is 0.426 e. The number of carbonyl (C=O) groups is 3. The molecule has 2 aromatic rings. The van der Waals surface area contributed by atoms with Gasteiger partial charge in [-0.2, -0.15) is 0 Å². The maximum Gasteiger partial charge on any atom is 0.308 e. The van der Waals surface area contributed by atoms with E-state index in [0.29, 0.717) is 30.3 Å². The highest BCUT2D eigenvalue weighted by molar-refractivity contribution is 6.31. The number of halogens is 1. The number of nitrogens with two attached hydrogens (primary N) is 1. The lowest BCUT2D eigenvalue weighted by Gasteiger charge is -2.32. The predicted octanol–water partition coefficient (Wildman–Crippen LogP) is 4.24. The first kappa shape index (κ1) is 24.7. The molecule has 33 heavy (non-hydrogen) atoms. The second-order valence-electron chi connectivity index (χ2n) is 9.19. The zero-order valence-electron chi connectivity index (χ0n) is 19.2. The van der Waals surface area contributed by atoms with Gasteiger partial charge in [0.05, 0.1) is 5.56 Å². The zero-order valence-corrected chi connectivity index (χ0v) is 19.9. The van der Waals surface area contributed by atoms with Crippen molar-refractivity contribution in [3.63, 3.8) is 0 Å². The van der Waals surface area contributed by atoms with Crippen LogP contribution in [0.15, 0.2) is 42.5 Å². The molecule has 0 heterocycles. The highest BCUT2D eigenvalue weighted by Crippen LogP contribution is 2.33. The van der Waals surface area contributed by atoms with E-state index in [9.17, 15) is 14.4 Å². The number of benzene rings is 2. The van der Waals surface area contributed by atoms with Crippen LogP contribution < -0.4 is 15.8 Å². The quantitative estimate of drug-likeness (QED) is 0.420. The van der Waals surface area contributed by atoms with Gasteiger partial charge in [0.2, 0.25) is 5.91 Å². The van der Waals surface area contributed by atoms with Crippen LogP contribution in [0.3, 0.4) is 0 Å². The van der Waals surface area contributed by atoms with Crippen LogP contribution in [0.4, 0.5) is 5.69 Å². The second-order valence-corrected chi connectivity index (χ2v) is 9.59. The molecule has 0 radical (unpaired) electrons. The van der Waals surface area contributed by atoms with Crippen LogP contribution in [0.5, 0.6) is 5.75 Å². The Bertz CT molecular complexity index is 1050. The van der Waals surface area contributed by atoms with Gasteiger partial charge in [-0.25, -0.2) is 0 Å². The number of hydrogen-bond acceptors (Lipinski definition) is 5. The van der Waals surface area contributed by atoms with Gasteiger partial charge in [-0.1, -0.05) is 37.6 Å². The predicted molar refractivity (Wildman–Crippen MR) is 128 cm³/mol. The van der Waals surface area contributed by atoms with Crippen molar-refractivity contribution in [2.45, 2.75) is 40.2 Å². The molecule has 1 saturated carbocycles. The van der Waals surface area contributed by atoms with Crippen molar-refractivity contribution in [1.29, 1.82) is 0 Å². The Morgan fingerprint density at radius 3 is 2.52 bits per heavy atom. The van der Waals surface area contributed by atoms with E-state index < -0.39 is 11.9 Å². The van der Waals surface area contributed by atoms with Gasteiger partial charge >= 0.3 is 5.97 Å². The number of rotatable bonds is 9. The molecule has 2 amide bonds. The lowest BCUT2D eigenvalue weighted by Crippen LogP contribution is -2.42. The fourth-order valence-corrected chi connectivity index (χ4v) is 3.63. The van der Waals surface area contributed by atoms with E-state index in [-0.39, 0.29) is 28.6 Å². The van der Waals surface area contributed by atoms with E-state index in [1.165, 1.54) is 6.92 Å². The first-order valence-corrected chi connectivity index (χ1v) is 11.3. The normalized spacial score (nSPS) is 13.4. The van der Waals surface area contributed by atoms with E-state index in [2.05, 4.69) is 5.32 Å². The summed E-state index contributed by atoms with van der Waals surface area (Å²) in [7, 11) is 0. The van der Waals surface area contributed by atoms with E-state index in [0.717, 1.165) is 18.4 Å². The molecule has 8 heteroatoms. The smallest absolute Gasteiger partial charge is 0.308 e. The monoisotopic (exact) mass is 471 g/mol. The van der Waals surface area contributed by atoms with E-state index in [4.69, 9.17) is 22.1 Å². The van der Waals surface area contributed by atoms with Gasteiger partial charge in [-0.15, -0.1) is 0 Å². The number of ether oxygens (including phenoxy) is 1. The molecule has 0 aliphatic heterocycles. The maximum atomic E-state index is 12.9. The van der Waals surface area contributed by atoms with Gasteiger partial charge in [0, 0.05) is 36.6 Å². The number of nitrogens with one attached hydrogen (secondary N) is 1. The van der Waals surface area contributed by atoms with Crippen molar-refractivity contribution < 1.29 is 19.1 Å². The summed E-state index contributed by atoms with van der Waals surface area (Å²) < 4.78 is 5.14. The average Bonchev–Trinajstić information content (AvgIpc) is 3.60. The summed E-state index contributed by atoms with van der Waals surface area (Å²) in [5.41, 5.74) is 7.15. The fraction of sp³-hybridized carbons (Fsp3) is 0.400. The van der Waals surface area contributed by atoms with Crippen LogP contribution in [0.1, 0.15) is 49.5 Å². The number of amides is 2. The van der Waals surface area contributed by atoms with Crippen molar-refractivity contribution >= 4 is 35.1 Å². The van der Waals surface area contributed by atoms with Crippen molar-refractivity contribution in [3.8, 4) is 5.75 Å². The minimum atomic E-state index is -0.509. The first-order valence-electron chi connectivity index (χ1n) is 11.0. The molecule has 1 fully saturated rings. The lowest BCUT2D eigenvalue weighted by atomic mass is 9.92.